The summed E-state index contributed by atoms with van der Waals surface area (Å²) < 4.78 is 0. The normalized spacial score (nSPS) is 19.0. The van der Waals surface area contributed by atoms with Gasteiger partial charge in [-0.2, -0.15) is 0 Å². The van der Waals surface area contributed by atoms with Crippen molar-refractivity contribution in [3.63, 3.8) is 0 Å². The Morgan fingerprint density at radius 2 is 1.92 bits per heavy atom. The maximum atomic E-state index is 12.2. The monoisotopic (exact) mass is 373 g/mol. The number of halogens is 2. The third-order valence-electron chi connectivity index (χ3n) is 4.81. The van der Waals surface area contributed by atoms with E-state index < -0.39 is 0 Å². The zero-order chi connectivity index (χ0) is 17.7. The fourth-order valence-corrected chi connectivity index (χ4v) is 3.67. The van der Waals surface area contributed by atoms with E-state index in [9.17, 15) is 9.90 Å². The van der Waals surface area contributed by atoms with Gasteiger partial charge in [-0.3, -0.25) is 9.78 Å². The molecule has 1 saturated heterocycles. The molecule has 1 aliphatic heterocycles. The topological polar surface area (TPSA) is 65.5 Å². The maximum Gasteiger partial charge on any atom is 0.254 e. The number of amides is 1. The van der Waals surface area contributed by atoms with E-state index in [1.54, 1.807) is 0 Å². The number of aliphatic hydroxyl groups is 1. The number of nitrogens with zero attached hydrogens (tertiary/aromatic N) is 2. The number of pyridine rings is 1. The molecule has 0 aliphatic carbocycles. The lowest BCUT2D eigenvalue weighted by Crippen LogP contribution is -2.43. The largest absolute Gasteiger partial charge is 0.393 e. The van der Waals surface area contributed by atoms with E-state index in [0.717, 1.165) is 32.4 Å². The van der Waals surface area contributed by atoms with Crippen LogP contribution in [0.2, 0.25) is 10.0 Å². The first-order valence-corrected chi connectivity index (χ1v) is 9.15. The van der Waals surface area contributed by atoms with Gasteiger partial charge in [0, 0.05) is 25.0 Å². The molecule has 7 heteroatoms. The first-order chi connectivity index (χ1) is 11.4. The molecule has 0 aromatic carbocycles. The first kappa shape index (κ1) is 19.4. The number of rotatable bonds is 6. The molecule has 5 nitrogen and oxygen atoms in total. The van der Waals surface area contributed by atoms with Crippen LogP contribution in [0.5, 0.6) is 0 Å². The highest BCUT2D eigenvalue weighted by Gasteiger charge is 2.25. The molecule has 0 bridgehead atoms. The first-order valence-electron chi connectivity index (χ1n) is 8.39. The number of hydrogen-bond acceptors (Lipinski definition) is 4. The number of hydrogen-bond donors (Lipinski definition) is 2. The van der Waals surface area contributed by atoms with E-state index in [2.05, 4.69) is 22.1 Å². The fourth-order valence-electron chi connectivity index (χ4n) is 3.14. The molecular formula is C17H25Cl2N3O2. The highest BCUT2D eigenvalue weighted by Crippen LogP contribution is 2.24. The van der Waals surface area contributed by atoms with Crippen molar-refractivity contribution in [2.75, 3.05) is 19.6 Å². The third kappa shape index (κ3) is 5.06. The van der Waals surface area contributed by atoms with Crippen molar-refractivity contribution in [2.45, 2.75) is 45.3 Å². The van der Waals surface area contributed by atoms with Crippen LogP contribution in [-0.2, 0) is 0 Å². The number of carbonyl (C=O) groups excluding carboxylic acids is 1. The maximum absolute atomic E-state index is 12.2. The van der Waals surface area contributed by atoms with Gasteiger partial charge in [-0.25, -0.2) is 0 Å². The smallest absolute Gasteiger partial charge is 0.254 e. The minimum atomic E-state index is -0.271. The summed E-state index contributed by atoms with van der Waals surface area (Å²) >= 11 is 12.0. The average molecular weight is 374 g/mol. The zero-order valence-corrected chi connectivity index (χ0v) is 15.6. The van der Waals surface area contributed by atoms with Gasteiger partial charge < -0.3 is 15.3 Å². The summed E-state index contributed by atoms with van der Waals surface area (Å²) in [5.41, 5.74) is 0.277. The predicted molar refractivity (Wildman–Crippen MR) is 96.6 cm³/mol. The van der Waals surface area contributed by atoms with Crippen LogP contribution in [0.25, 0.3) is 0 Å². The molecule has 134 valence electrons. The molecular weight excluding hydrogens is 349 g/mol. The van der Waals surface area contributed by atoms with Crippen LogP contribution in [-0.4, -0.2) is 52.7 Å². The van der Waals surface area contributed by atoms with Gasteiger partial charge in [0.05, 0.1) is 21.7 Å². The van der Waals surface area contributed by atoms with Gasteiger partial charge in [-0.05, 0) is 52.1 Å². The summed E-state index contributed by atoms with van der Waals surface area (Å²) in [7, 11) is 0. The van der Waals surface area contributed by atoms with Gasteiger partial charge in [0.2, 0.25) is 0 Å². The lowest BCUT2D eigenvalue weighted by Gasteiger charge is -2.37. The van der Waals surface area contributed by atoms with Crippen LogP contribution in [0.1, 0.15) is 43.5 Å². The van der Waals surface area contributed by atoms with Crippen LogP contribution >= 0.6 is 23.2 Å². The van der Waals surface area contributed by atoms with Crippen LogP contribution in [0.4, 0.5) is 0 Å². The van der Waals surface area contributed by atoms with E-state index >= 15 is 0 Å². The molecule has 2 unspecified atom stereocenters. The Morgan fingerprint density at radius 3 is 2.46 bits per heavy atom. The van der Waals surface area contributed by atoms with Crippen molar-refractivity contribution in [3.8, 4) is 0 Å². The SMILES string of the molecule is CC(O)C1CCN(C(C)CCNC(=O)c2c(Cl)cncc2Cl)CC1. The van der Waals surface area contributed by atoms with Gasteiger partial charge in [-0.1, -0.05) is 23.2 Å². The van der Waals surface area contributed by atoms with Gasteiger partial charge in [0.1, 0.15) is 0 Å². The third-order valence-corrected chi connectivity index (χ3v) is 5.38. The number of piperidine rings is 1. The van der Waals surface area contributed by atoms with Crippen LogP contribution in [0.15, 0.2) is 12.4 Å². The van der Waals surface area contributed by atoms with Gasteiger partial charge >= 0.3 is 0 Å². The van der Waals surface area contributed by atoms with Crippen LogP contribution in [0.3, 0.4) is 0 Å². The number of carbonyl (C=O) groups is 1. The Morgan fingerprint density at radius 1 is 1.33 bits per heavy atom. The highest BCUT2D eigenvalue weighted by molar-refractivity contribution is 6.39. The Labute approximate surface area is 153 Å². The zero-order valence-electron chi connectivity index (χ0n) is 14.1. The predicted octanol–water partition coefficient (Wildman–Crippen LogP) is 2.99. The Kier molecular flexibility index (Phi) is 7.29. The number of aromatic nitrogens is 1. The molecule has 2 atom stereocenters. The minimum absolute atomic E-state index is 0.225. The lowest BCUT2D eigenvalue weighted by atomic mass is 9.91. The second-order valence-corrected chi connectivity index (χ2v) is 7.30. The average Bonchev–Trinajstić information content (AvgIpc) is 2.54. The molecule has 0 saturated carbocycles. The number of likely N-dealkylation sites (tertiary alicyclic amines) is 1. The van der Waals surface area contributed by atoms with E-state index in [4.69, 9.17) is 23.2 Å². The van der Waals surface area contributed by atoms with E-state index in [1.807, 2.05) is 6.92 Å². The summed E-state index contributed by atoms with van der Waals surface area (Å²) in [6, 6.07) is 0.378. The van der Waals surface area contributed by atoms with Gasteiger partial charge in [-0.15, -0.1) is 0 Å². The van der Waals surface area contributed by atoms with Gasteiger partial charge in [0.25, 0.3) is 5.91 Å². The molecule has 0 spiro atoms. The Hall–Kier alpha value is -0.880. The molecule has 2 rings (SSSR count). The molecule has 1 aliphatic rings. The van der Waals surface area contributed by atoms with Crippen molar-refractivity contribution >= 4 is 29.1 Å². The second-order valence-electron chi connectivity index (χ2n) is 6.49. The standard InChI is InChI=1S/C17H25Cl2N3O2/c1-11(22-7-4-13(5-8-22)12(2)23)3-6-21-17(24)16-14(18)9-20-10-15(16)19/h9-13,23H,3-8H2,1-2H3,(H,21,24). The molecule has 1 aromatic heterocycles. The summed E-state index contributed by atoms with van der Waals surface area (Å²) in [6.07, 6.45) is 5.50. The molecule has 2 heterocycles. The lowest BCUT2D eigenvalue weighted by molar-refractivity contribution is 0.0570. The van der Waals surface area contributed by atoms with Crippen molar-refractivity contribution < 1.29 is 9.90 Å². The minimum Gasteiger partial charge on any atom is -0.393 e. The van der Waals surface area contributed by atoms with E-state index in [1.165, 1.54) is 12.4 Å². The van der Waals surface area contributed by atoms with Crippen molar-refractivity contribution in [2.24, 2.45) is 5.92 Å². The van der Waals surface area contributed by atoms with Crippen molar-refractivity contribution in [3.05, 3.63) is 28.0 Å². The molecule has 1 aromatic rings. The van der Waals surface area contributed by atoms with Crippen LogP contribution < -0.4 is 5.32 Å². The number of nitrogens with one attached hydrogen (secondary N) is 1. The molecule has 1 amide bonds. The molecule has 0 radical (unpaired) electrons. The summed E-state index contributed by atoms with van der Waals surface area (Å²) in [5, 5.41) is 13.1. The highest BCUT2D eigenvalue weighted by atomic mass is 35.5. The number of aliphatic hydroxyl groups excluding tert-OH is 1. The second kappa shape index (κ2) is 8.99. The molecule has 1 fully saturated rings. The van der Waals surface area contributed by atoms with Crippen molar-refractivity contribution in [1.29, 1.82) is 0 Å². The Bertz CT molecular complexity index is 541. The molecule has 24 heavy (non-hydrogen) atoms. The van der Waals surface area contributed by atoms with Crippen LogP contribution in [0, 0.1) is 5.92 Å². The quantitative estimate of drug-likeness (QED) is 0.804. The Balaban J connectivity index is 1.77. The van der Waals surface area contributed by atoms with E-state index in [-0.39, 0.29) is 27.6 Å². The van der Waals surface area contributed by atoms with E-state index in [0.29, 0.717) is 18.5 Å². The molecule has 2 N–H and O–H groups in total. The summed E-state index contributed by atoms with van der Waals surface area (Å²) in [6.45, 7) is 6.58. The summed E-state index contributed by atoms with van der Waals surface area (Å²) in [5.74, 6) is 0.136. The van der Waals surface area contributed by atoms with Crippen molar-refractivity contribution in [1.82, 2.24) is 15.2 Å². The van der Waals surface area contributed by atoms with Gasteiger partial charge in [0.15, 0.2) is 0 Å². The fraction of sp³-hybridized carbons (Fsp3) is 0.647. The summed E-state index contributed by atoms with van der Waals surface area (Å²) in [4.78, 5) is 18.5.